The lowest BCUT2D eigenvalue weighted by molar-refractivity contribution is 0.499. The molecule has 0 bridgehead atoms. The average Bonchev–Trinajstić information content (AvgIpc) is 2.78. The molecular formula is C9H13N7. The number of fused-ring (bicyclic) bond motifs is 1. The molecule has 1 aliphatic heterocycles. The first-order chi connectivity index (χ1) is 7.84. The second-order valence-electron chi connectivity index (χ2n) is 4.02. The van der Waals surface area contributed by atoms with Crippen LogP contribution < -0.4 is 10.6 Å². The molecule has 0 amide bonds. The minimum Gasteiger partial charge on any atom is -0.354 e. The van der Waals surface area contributed by atoms with Crippen LogP contribution >= 0.6 is 0 Å². The Morgan fingerprint density at radius 2 is 2.06 bits per heavy atom. The van der Waals surface area contributed by atoms with Crippen LogP contribution in [-0.4, -0.2) is 44.5 Å². The molecule has 3 heterocycles. The van der Waals surface area contributed by atoms with Crippen molar-refractivity contribution < 1.29 is 0 Å². The molecule has 0 aromatic carbocycles. The smallest absolute Gasteiger partial charge is 0.206 e. The molecule has 3 rings (SSSR count). The fourth-order valence-electron chi connectivity index (χ4n) is 2.01. The number of H-pyrrole nitrogens is 1. The zero-order valence-electron chi connectivity index (χ0n) is 8.80. The van der Waals surface area contributed by atoms with E-state index < -0.39 is 0 Å². The minimum atomic E-state index is 0.311. The highest BCUT2D eigenvalue weighted by molar-refractivity contribution is 5.81. The van der Waals surface area contributed by atoms with Gasteiger partial charge in [0, 0.05) is 19.1 Å². The highest BCUT2D eigenvalue weighted by Crippen LogP contribution is 2.22. The number of nitrogens with one attached hydrogen (secondary N) is 1. The fraction of sp³-hybridized carbons (Fsp3) is 0.556. The standard InChI is InChI=1S/C9H13N7/c10-6-1-3-16(4-2-6)9-7-8(11-5-12-9)14-15-13-7/h5-6H,1-4,10H2,(H,11,12,13,14,15). The van der Waals surface area contributed by atoms with Crippen molar-refractivity contribution in [2.24, 2.45) is 5.73 Å². The molecule has 7 nitrogen and oxygen atoms in total. The SMILES string of the molecule is NC1CCN(c2ncnc3n[nH]nc23)CC1. The molecule has 0 saturated carbocycles. The largest absolute Gasteiger partial charge is 0.354 e. The van der Waals surface area contributed by atoms with Gasteiger partial charge in [-0.15, -0.1) is 5.10 Å². The first-order valence-corrected chi connectivity index (χ1v) is 5.36. The normalized spacial score (nSPS) is 18.2. The van der Waals surface area contributed by atoms with Gasteiger partial charge in [0.2, 0.25) is 5.65 Å². The molecular weight excluding hydrogens is 206 g/mol. The summed E-state index contributed by atoms with van der Waals surface area (Å²) >= 11 is 0. The zero-order valence-corrected chi connectivity index (χ0v) is 8.80. The third kappa shape index (κ3) is 1.49. The molecule has 1 fully saturated rings. The summed E-state index contributed by atoms with van der Waals surface area (Å²) in [4.78, 5) is 10.5. The second-order valence-corrected chi connectivity index (χ2v) is 4.02. The molecule has 84 valence electrons. The van der Waals surface area contributed by atoms with Crippen LogP contribution in [0.1, 0.15) is 12.8 Å². The first kappa shape index (κ1) is 9.46. The topological polar surface area (TPSA) is 96.6 Å². The Morgan fingerprint density at radius 1 is 1.25 bits per heavy atom. The Morgan fingerprint density at radius 3 is 2.88 bits per heavy atom. The van der Waals surface area contributed by atoms with Crippen molar-refractivity contribution in [3.05, 3.63) is 6.33 Å². The van der Waals surface area contributed by atoms with E-state index in [0.29, 0.717) is 11.7 Å². The molecule has 2 aromatic rings. The van der Waals surface area contributed by atoms with Crippen molar-refractivity contribution in [3.63, 3.8) is 0 Å². The maximum atomic E-state index is 5.87. The van der Waals surface area contributed by atoms with Gasteiger partial charge in [0.1, 0.15) is 6.33 Å². The van der Waals surface area contributed by atoms with Crippen LogP contribution in [0.15, 0.2) is 6.33 Å². The van der Waals surface area contributed by atoms with Crippen molar-refractivity contribution in [1.82, 2.24) is 25.4 Å². The van der Waals surface area contributed by atoms with Crippen molar-refractivity contribution in [2.45, 2.75) is 18.9 Å². The molecule has 0 aliphatic carbocycles. The first-order valence-electron chi connectivity index (χ1n) is 5.36. The van der Waals surface area contributed by atoms with E-state index in [-0.39, 0.29) is 0 Å². The summed E-state index contributed by atoms with van der Waals surface area (Å²) in [5.74, 6) is 0.852. The Kier molecular flexibility index (Phi) is 2.17. The van der Waals surface area contributed by atoms with E-state index >= 15 is 0 Å². The summed E-state index contributed by atoms with van der Waals surface area (Å²) < 4.78 is 0. The van der Waals surface area contributed by atoms with Crippen LogP contribution in [0.4, 0.5) is 5.82 Å². The van der Waals surface area contributed by atoms with Gasteiger partial charge in [-0.25, -0.2) is 9.97 Å². The lowest BCUT2D eigenvalue weighted by Crippen LogP contribution is -2.40. The molecule has 0 unspecified atom stereocenters. The van der Waals surface area contributed by atoms with Crippen LogP contribution in [-0.2, 0) is 0 Å². The number of hydrogen-bond acceptors (Lipinski definition) is 6. The van der Waals surface area contributed by atoms with Gasteiger partial charge in [0.05, 0.1) is 0 Å². The van der Waals surface area contributed by atoms with Crippen molar-refractivity contribution in [3.8, 4) is 0 Å². The predicted molar refractivity (Wildman–Crippen MR) is 58.9 cm³/mol. The van der Waals surface area contributed by atoms with E-state index in [1.54, 1.807) is 0 Å². The maximum Gasteiger partial charge on any atom is 0.206 e. The Labute approximate surface area is 92.1 Å². The third-order valence-corrected chi connectivity index (χ3v) is 2.94. The summed E-state index contributed by atoms with van der Waals surface area (Å²) in [7, 11) is 0. The molecule has 16 heavy (non-hydrogen) atoms. The molecule has 1 saturated heterocycles. The number of nitrogens with two attached hydrogens (primary N) is 1. The molecule has 0 radical (unpaired) electrons. The molecule has 0 atom stereocenters. The Hall–Kier alpha value is -1.76. The van der Waals surface area contributed by atoms with Crippen LogP contribution in [0.25, 0.3) is 11.2 Å². The minimum absolute atomic E-state index is 0.311. The summed E-state index contributed by atoms with van der Waals surface area (Å²) in [6.45, 7) is 1.83. The molecule has 1 aliphatic rings. The van der Waals surface area contributed by atoms with Gasteiger partial charge in [-0.2, -0.15) is 10.3 Å². The van der Waals surface area contributed by atoms with E-state index in [9.17, 15) is 0 Å². The third-order valence-electron chi connectivity index (χ3n) is 2.94. The van der Waals surface area contributed by atoms with Crippen LogP contribution in [0.2, 0.25) is 0 Å². The van der Waals surface area contributed by atoms with Gasteiger partial charge in [-0.05, 0) is 12.8 Å². The number of hydrogen-bond donors (Lipinski definition) is 2. The van der Waals surface area contributed by atoms with Crippen molar-refractivity contribution >= 4 is 17.0 Å². The van der Waals surface area contributed by atoms with Crippen LogP contribution in [0.3, 0.4) is 0 Å². The summed E-state index contributed by atoms with van der Waals surface area (Å²) in [5.41, 5.74) is 7.22. The lowest BCUT2D eigenvalue weighted by Gasteiger charge is -2.30. The summed E-state index contributed by atoms with van der Waals surface area (Å²) in [6, 6.07) is 0.311. The van der Waals surface area contributed by atoms with Crippen LogP contribution in [0.5, 0.6) is 0 Å². The van der Waals surface area contributed by atoms with E-state index in [0.717, 1.165) is 37.3 Å². The zero-order chi connectivity index (χ0) is 11.0. The van der Waals surface area contributed by atoms with E-state index in [2.05, 4.69) is 30.3 Å². The van der Waals surface area contributed by atoms with Gasteiger partial charge in [0.25, 0.3) is 0 Å². The van der Waals surface area contributed by atoms with Crippen molar-refractivity contribution in [1.29, 1.82) is 0 Å². The molecule has 2 aromatic heterocycles. The van der Waals surface area contributed by atoms with E-state index in [1.807, 2.05) is 0 Å². The number of piperidine rings is 1. The van der Waals surface area contributed by atoms with Gasteiger partial charge in [-0.1, -0.05) is 0 Å². The monoisotopic (exact) mass is 219 g/mol. The number of nitrogens with zero attached hydrogens (tertiary/aromatic N) is 5. The summed E-state index contributed by atoms with van der Waals surface area (Å²) in [6.07, 6.45) is 3.50. The van der Waals surface area contributed by atoms with Crippen molar-refractivity contribution in [2.75, 3.05) is 18.0 Å². The lowest BCUT2D eigenvalue weighted by atomic mass is 10.1. The Balaban J connectivity index is 1.96. The number of anilines is 1. The maximum absolute atomic E-state index is 5.87. The fourth-order valence-corrected chi connectivity index (χ4v) is 2.01. The van der Waals surface area contributed by atoms with Crippen LogP contribution in [0, 0.1) is 0 Å². The highest BCUT2D eigenvalue weighted by Gasteiger charge is 2.20. The quantitative estimate of drug-likeness (QED) is 0.682. The van der Waals surface area contributed by atoms with E-state index in [4.69, 9.17) is 5.73 Å². The number of aromatic amines is 1. The van der Waals surface area contributed by atoms with E-state index in [1.165, 1.54) is 6.33 Å². The highest BCUT2D eigenvalue weighted by atomic mass is 15.4. The number of rotatable bonds is 1. The predicted octanol–water partition coefficient (Wildman–Crippen LogP) is -0.325. The van der Waals surface area contributed by atoms with Gasteiger partial charge in [0.15, 0.2) is 11.3 Å². The second kappa shape index (κ2) is 3.67. The summed E-state index contributed by atoms with van der Waals surface area (Å²) in [5, 5.41) is 10.6. The molecule has 7 heteroatoms. The molecule has 3 N–H and O–H groups in total. The van der Waals surface area contributed by atoms with Gasteiger partial charge < -0.3 is 10.6 Å². The number of aromatic nitrogens is 5. The van der Waals surface area contributed by atoms with Gasteiger partial charge in [-0.3, -0.25) is 0 Å². The van der Waals surface area contributed by atoms with Gasteiger partial charge >= 0.3 is 0 Å². The average molecular weight is 219 g/mol. The molecule has 0 spiro atoms. The Bertz CT molecular complexity index is 485.